The van der Waals surface area contributed by atoms with Crippen molar-refractivity contribution in [3.05, 3.63) is 28.7 Å². The molecule has 1 aliphatic heterocycles. The molecule has 0 radical (unpaired) electrons. The minimum Gasteiger partial charge on any atom is -0.303 e. The average Bonchev–Trinajstić information content (AvgIpc) is 2.48. The molecule has 118 valence electrons. The van der Waals surface area contributed by atoms with Crippen LogP contribution in [0.2, 0.25) is 0 Å². The van der Waals surface area contributed by atoms with Crippen molar-refractivity contribution in [1.29, 1.82) is 0 Å². The van der Waals surface area contributed by atoms with Crippen molar-refractivity contribution in [2.24, 2.45) is 0 Å². The highest BCUT2D eigenvalue weighted by Gasteiger charge is 2.31. The molecule has 0 aliphatic carbocycles. The number of likely N-dealkylation sites (tertiary alicyclic amines) is 1. The van der Waals surface area contributed by atoms with Gasteiger partial charge in [0.25, 0.3) is 0 Å². The lowest BCUT2D eigenvalue weighted by Crippen LogP contribution is -2.45. The Balaban J connectivity index is 2.10. The highest BCUT2D eigenvalue weighted by atomic mass is 79.9. The summed E-state index contributed by atoms with van der Waals surface area (Å²) in [6.45, 7) is 5.24. The Kier molecular flexibility index (Phi) is 5.82. The van der Waals surface area contributed by atoms with Gasteiger partial charge in [-0.1, -0.05) is 19.1 Å². The topological polar surface area (TPSA) is 40.6 Å². The third-order valence-electron chi connectivity index (χ3n) is 4.10. The van der Waals surface area contributed by atoms with Crippen LogP contribution < -0.4 is 0 Å². The van der Waals surface area contributed by atoms with Crippen LogP contribution in [-0.2, 0) is 10.0 Å². The third-order valence-corrected chi connectivity index (χ3v) is 7.03. The van der Waals surface area contributed by atoms with Gasteiger partial charge < -0.3 is 4.90 Å². The van der Waals surface area contributed by atoms with E-state index >= 15 is 0 Å². The predicted molar refractivity (Wildman–Crippen MR) is 88.8 cm³/mol. The van der Waals surface area contributed by atoms with Gasteiger partial charge >= 0.3 is 0 Å². The number of halogens is 1. The Hall–Kier alpha value is -0.430. The molecule has 0 saturated carbocycles. The van der Waals surface area contributed by atoms with Crippen LogP contribution in [0.1, 0.15) is 26.2 Å². The summed E-state index contributed by atoms with van der Waals surface area (Å²) < 4.78 is 27.7. The van der Waals surface area contributed by atoms with E-state index in [4.69, 9.17) is 0 Å². The maximum atomic E-state index is 12.7. The van der Waals surface area contributed by atoms with E-state index < -0.39 is 10.0 Å². The van der Waals surface area contributed by atoms with Gasteiger partial charge in [-0.25, -0.2) is 8.42 Å². The molecule has 0 aromatic heterocycles. The molecular weight excluding hydrogens is 352 g/mol. The zero-order valence-electron chi connectivity index (χ0n) is 12.6. The lowest BCUT2D eigenvalue weighted by atomic mass is 10.1. The van der Waals surface area contributed by atoms with E-state index in [2.05, 4.69) is 27.8 Å². The molecular formula is C15H23BrN2O2S. The average molecular weight is 375 g/mol. The summed E-state index contributed by atoms with van der Waals surface area (Å²) in [5, 5.41) is 0. The van der Waals surface area contributed by atoms with E-state index in [1.165, 1.54) is 0 Å². The first-order valence-electron chi connectivity index (χ1n) is 7.41. The van der Waals surface area contributed by atoms with Crippen LogP contribution in [0, 0.1) is 0 Å². The van der Waals surface area contributed by atoms with Gasteiger partial charge in [-0.05, 0) is 67.0 Å². The van der Waals surface area contributed by atoms with Gasteiger partial charge in [0.1, 0.15) is 0 Å². The molecule has 0 unspecified atom stereocenters. The van der Waals surface area contributed by atoms with Gasteiger partial charge in [0.05, 0.1) is 4.90 Å². The number of nitrogens with zero attached hydrogens (tertiary/aromatic N) is 2. The predicted octanol–water partition coefficient (Wildman–Crippen LogP) is 2.94. The molecule has 0 N–H and O–H groups in total. The number of benzene rings is 1. The lowest BCUT2D eigenvalue weighted by Gasteiger charge is -2.36. The SMILES string of the molecule is CCCN1CCC(N(C)S(=O)(=O)c2ccccc2Br)CC1. The molecule has 0 bridgehead atoms. The first-order valence-corrected chi connectivity index (χ1v) is 9.65. The zero-order chi connectivity index (χ0) is 15.5. The highest BCUT2D eigenvalue weighted by Crippen LogP contribution is 2.27. The van der Waals surface area contributed by atoms with Gasteiger partial charge in [-0.3, -0.25) is 0 Å². The summed E-state index contributed by atoms with van der Waals surface area (Å²) >= 11 is 3.34. The van der Waals surface area contributed by atoms with Crippen molar-refractivity contribution < 1.29 is 8.42 Å². The van der Waals surface area contributed by atoms with Crippen molar-refractivity contribution in [3.8, 4) is 0 Å². The Morgan fingerprint density at radius 1 is 1.29 bits per heavy atom. The smallest absolute Gasteiger partial charge is 0.244 e. The fourth-order valence-corrected chi connectivity index (χ4v) is 5.21. The van der Waals surface area contributed by atoms with Gasteiger partial charge in [-0.15, -0.1) is 0 Å². The van der Waals surface area contributed by atoms with Crippen LogP contribution in [0.4, 0.5) is 0 Å². The summed E-state index contributed by atoms with van der Waals surface area (Å²) in [6.07, 6.45) is 2.95. The van der Waals surface area contributed by atoms with E-state index in [9.17, 15) is 8.42 Å². The van der Waals surface area contributed by atoms with Crippen LogP contribution in [-0.4, -0.2) is 50.3 Å². The summed E-state index contributed by atoms with van der Waals surface area (Å²) in [4.78, 5) is 2.76. The molecule has 2 rings (SSSR count). The second-order valence-electron chi connectivity index (χ2n) is 5.52. The third kappa shape index (κ3) is 3.86. The summed E-state index contributed by atoms with van der Waals surface area (Å²) in [7, 11) is -1.73. The number of sulfonamides is 1. The maximum Gasteiger partial charge on any atom is 0.244 e. The molecule has 1 heterocycles. The Morgan fingerprint density at radius 2 is 1.90 bits per heavy atom. The van der Waals surface area contributed by atoms with E-state index in [-0.39, 0.29) is 6.04 Å². The lowest BCUT2D eigenvalue weighted by molar-refractivity contribution is 0.170. The molecule has 1 fully saturated rings. The molecule has 21 heavy (non-hydrogen) atoms. The van der Waals surface area contributed by atoms with Crippen molar-refractivity contribution in [3.63, 3.8) is 0 Å². The monoisotopic (exact) mass is 374 g/mol. The van der Waals surface area contributed by atoms with Crippen LogP contribution in [0.25, 0.3) is 0 Å². The van der Waals surface area contributed by atoms with Gasteiger partial charge in [0.2, 0.25) is 10.0 Å². The first kappa shape index (κ1) is 16.9. The quantitative estimate of drug-likeness (QED) is 0.795. The molecule has 1 aromatic rings. The Bertz CT molecular complexity index is 569. The minimum absolute atomic E-state index is 0.0928. The highest BCUT2D eigenvalue weighted by molar-refractivity contribution is 9.10. The summed E-state index contributed by atoms with van der Waals surface area (Å²) in [6, 6.07) is 7.10. The molecule has 1 aliphatic rings. The fourth-order valence-electron chi connectivity index (χ4n) is 2.83. The van der Waals surface area contributed by atoms with Crippen molar-refractivity contribution in [2.45, 2.75) is 37.1 Å². The molecule has 0 spiro atoms. The van der Waals surface area contributed by atoms with E-state index in [0.717, 1.165) is 38.9 Å². The summed E-state index contributed by atoms with van der Waals surface area (Å²) in [5.74, 6) is 0. The second-order valence-corrected chi connectivity index (χ2v) is 8.34. The van der Waals surface area contributed by atoms with Crippen molar-refractivity contribution >= 4 is 26.0 Å². The number of hydrogen-bond acceptors (Lipinski definition) is 3. The molecule has 0 atom stereocenters. The number of rotatable bonds is 5. The largest absolute Gasteiger partial charge is 0.303 e. The van der Waals surface area contributed by atoms with Crippen LogP contribution in [0.5, 0.6) is 0 Å². The minimum atomic E-state index is -3.43. The van der Waals surface area contributed by atoms with Crippen molar-refractivity contribution in [2.75, 3.05) is 26.7 Å². The normalized spacial score (nSPS) is 18.3. The van der Waals surface area contributed by atoms with Gasteiger partial charge in [0.15, 0.2) is 0 Å². The van der Waals surface area contributed by atoms with Crippen LogP contribution in [0.3, 0.4) is 0 Å². The van der Waals surface area contributed by atoms with E-state index in [0.29, 0.717) is 9.37 Å². The molecule has 1 aromatic carbocycles. The molecule has 6 heteroatoms. The van der Waals surface area contributed by atoms with Gasteiger partial charge in [-0.2, -0.15) is 4.31 Å². The second kappa shape index (κ2) is 7.22. The Labute approximate surface area is 136 Å². The van der Waals surface area contributed by atoms with Crippen LogP contribution >= 0.6 is 15.9 Å². The van der Waals surface area contributed by atoms with Gasteiger partial charge in [0, 0.05) is 17.6 Å². The maximum absolute atomic E-state index is 12.7. The summed E-state index contributed by atoms with van der Waals surface area (Å²) in [5.41, 5.74) is 0. The molecule has 4 nitrogen and oxygen atoms in total. The fraction of sp³-hybridized carbons (Fsp3) is 0.600. The van der Waals surface area contributed by atoms with E-state index in [1.807, 2.05) is 6.07 Å². The zero-order valence-corrected chi connectivity index (χ0v) is 15.0. The van der Waals surface area contributed by atoms with Crippen molar-refractivity contribution in [1.82, 2.24) is 9.21 Å². The standard InChI is InChI=1S/C15H23BrN2O2S/c1-3-10-18-11-8-13(9-12-18)17(2)21(19,20)15-7-5-4-6-14(15)16/h4-7,13H,3,8-12H2,1-2H3. The number of hydrogen-bond donors (Lipinski definition) is 0. The molecule has 0 amide bonds. The van der Waals surface area contributed by atoms with E-state index in [1.54, 1.807) is 29.6 Å². The first-order chi connectivity index (χ1) is 9.96. The molecule has 1 saturated heterocycles. The Morgan fingerprint density at radius 3 is 2.48 bits per heavy atom. The number of piperidine rings is 1. The van der Waals surface area contributed by atoms with Crippen LogP contribution in [0.15, 0.2) is 33.6 Å².